The van der Waals surface area contributed by atoms with Gasteiger partial charge >= 0.3 is 12.1 Å². The molecule has 1 aliphatic rings. The van der Waals surface area contributed by atoms with E-state index in [1.807, 2.05) is 0 Å². The van der Waals surface area contributed by atoms with Gasteiger partial charge in [-0.25, -0.2) is 13.5 Å². The Kier molecular flexibility index (Phi) is 8.28. The standard InChI is InChI=1S/C26H26F5N5O3/c27-25(28)10-5-12-34(16-25)13-9-18(14-24(38)39)35(17-37)23-15-22(20-7-3-4-11-32-20)36(33-23)21-8-2-1-6-19(21)26(29,30)31/h1-4,6-8,11,15,17-18H,5,9-10,12-14,16H2,(H,38,39)/t18-/m0/s1. The SMILES string of the molecule is O=CN(c1cc(-c2ccccn2)n(-c2ccccc2C(F)(F)F)n1)[C@@H](CCN1CCCC(F)(F)C1)CC(=O)O. The number of pyridine rings is 1. The average molecular weight is 552 g/mol. The smallest absolute Gasteiger partial charge is 0.418 e. The number of nitrogens with zero attached hydrogens (tertiary/aromatic N) is 5. The molecule has 0 bridgehead atoms. The van der Waals surface area contributed by atoms with Crippen molar-refractivity contribution in [3.63, 3.8) is 0 Å². The summed E-state index contributed by atoms with van der Waals surface area (Å²) in [5, 5.41) is 13.8. The number of amides is 1. The number of aromatic nitrogens is 3. The fourth-order valence-electron chi connectivity index (χ4n) is 4.71. The van der Waals surface area contributed by atoms with Crippen LogP contribution >= 0.6 is 0 Å². The van der Waals surface area contributed by atoms with E-state index in [9.17, 15) is 36.6 Å². The molecule has 1 atom stereocenters. The predicted octanol–water partition coefficient (Wildman–Crippen LogP) is 4.88. The third-order valence-corrected chi connectivity index (χ3v) is 6.49. The van der Waals surface area contributed by atoms with E-state index in [2.05, 4.69) is 10.1 Å². The number of carbonyl (C=O) groups excluding carboxylic acids is 1. The van der Waals surface area contributed by atoms with Crippen LogP contribution in [0.4, 0.5) is 27.8 Å². The molecule has 208 valence electrons. The molecule has 1 saturated heterocycles. The number of piperidine rings is 1. The number of aliphatic carboxylic acids is 1. The first-order chi connectivity index (χ1) is 18.5. The van der Waals surface area contributed by atoms with Crippen molar-refractivity contribution < 1.29 is 36.6 Å². The quantitative estimate of drug-likeness (QED) is 0.285. The normalized spacial score (nSPS) is 16.5. The van der Waals surface area contributed by atoms with Crippen LogP contribution in [0.2, 0.25) is 0 Å². The van der Waals surface area contributed by atoms with Gasteiger partial charge in [0.1, 0.15) is 0 Å². The minimum atomic E-state index is -4.71. The number of hydrogen-bond donors (Lipinski definition) is 1. The number of carboxylic acids is 1. The van der Waals surface area contributed by atoms with E-state index < -0.39 is 42.6 Å². The van der Waals surface area contributed by atoms with Gasteiger partial charge in [-0.15, -0.1) is 5.10 Å². The van der Waals surface area contributed by atoms with E-state index in [1.54, 1.807) is 18.2 Å². The number of alkyl halides is 5. The lowest BCUT2D eigenvalue weighted by atomic mass is 10.0. The van der Waals surface area contributed by atoms with Crippen LogP contribution < -0.4 is 4.90 Å². The molecular formula is C26H26F5N5O3. The van der Waals surface area contributed by atoms with Crippen molar-refractivity contribution in [2.24, 2.45) is 0 Å². The van der Waals surface area contributed by atoms with Gasteiger partial charge in [-0.1, -0.05) is 18.2 Å². The van der Waals surface area contributed by atoms with Gasteiger partial charge in [0.15, 0.2) is 5.82 Å². The Morgan fingerprint density at radius 3 is 2.56 bits per heavy atom. The van der Waals surface area contributed by atoms with E-state index in [4.69, 9.17) is 0 Å². The lowest BCUT2D eigenvalue weighted by Crippen LogP contribution is -2.45. The van der Waals surface area contributed by atoms with Gasteiger partial charge in [0.05, 0.1) is 35.6 Å². The maximum Gasteiger partial charge on any atom is 0.418 e. The van der Waals surface area contributed by atoms with Crippen molar-refractivity contribution in [1.82, 2.24) is 19.7 Å². The zero-order valence-electron chi connectivity index (χ0n) is 20.7. The molecule has 0 radical (unpaired) electrons. The largest absolute Gasteiger partial charge is 0.481 e. The first-order valence-electron chi connectivity index (χ1n) is 12.2. The van der Waals surface area contributed by atoms with Crippen molar-refractivity contribution in [3.8, 4) is 17.1 Å². The lowest BCUT2D eigenvalue weighted by molar-refractivity contribution is -0.138. The molecule has 0 aliphatic carbocycles. The zero-order valence-corrected chi connectivity index (χ0v) is 20.7. The number of para-hydroxylation sites is 1. The van der Waals surface area contributed by atoms with Crippen LogP contribution in [-0.4, -0.2) is 68.7 Å². The second-order valence-corrected chi connectivity index (χ2v) is 9.32. The summed E-state index contributed by atoms with van der Waals surface area (Å²) in [6.07, 6.45) is -3.35. The molecule has 1 aliphatic heterocycles. The molecule has 0 saturated carbocycles. The fourth-order valence-corrected chi connectivity index (χ4v) is 4.71. The Bertz CT molecular complexity index is 1300. The van der Waals surface area contributed by atoms with Gasteiger partial charge < -0.3 is 5.11 Å². The van der Waals surface area contributed by atoms with Crippen molar-refractivity contribution >= 4 is 18.2 Å². The number of benzene rings is 1. The van der Waals surface area contributed by atoms with Crippen LogP contribution in [-0.2, 0) is 15.8 Å². The summed E-state index contributed by atoms with van der Waals surface area (Å²) in [5.74, 6) is -4.19. The van der Waals surface area contributed by atoms with Crippen LogP contribution in [0, 0.1) is 0 Å². The summed E-state index contributed by atoms with van der Waals surface area (Å²) in [4.78, 5) is 30.7. The topological polar surface area (TPSA) is 91.6 Å². The molecule has 2 aromatic heterocycles. The minimum absolute atomic E-state index is 0.0338. The van der Waals surface area contributed by atoms with Gasteiger partial charge in [0, 0.05) is 31.3 Å². The Balaban J connectivity index is 1.74. The number of carboxylic acid groups (broad SMARTS) is 1. The van der Waals surface area contributed by atoms with Gasteiger partial charge in [-0.05, 0) is 43.7 Å². The molecule has 3 heterocycles. The highest BCUT2D eigenvalue weighted by Gasteiger charge is 2.37. The third-order valence-electron chi connectivity index (χ3n) is 6.49. The van der Waals surface area contributed by atoms with Gasteiger partial charge in [0.2, 0.25) is 6.41 Å². The molecule has 0 unspecified atom stereocenters. The summed E-state index contributed by atoms with van der Waals surface area (Å²) >= 11 is 0. The van der Waals surface area contributed by atoms with Crippen LogP contribution in [0.15, 0.2) is 54.7 Å². The number of hydrogen-bond acceptors (Lipinski definition) is 5. The molecule has 1 aromatic carbocycles. The summed E-state index contributed by atoms with van der Waals surface area (Å²) < 4.78 is 70.3. The van der Waals surface area contributed by atoms with Gasteiger partial charge in [0.25, 0.3) is 5.92 Å². The highest BCUT2D eigenvalue weighted by atomic mass is 19.4. The summed E-state index contributed by atoms with van der Waals surface area (Å²) in [7, 11) is 0. The molecule has 13 heteroatoms. The molecular weight excluding hydrogens is 525 g/mol. The monoisotopic (exact) mass is 551 g/mol. The van der Waals surface area contributed by atoms with E-state index in [0.29, 0.717) is 13.0 Å². The molecule has 8 nitrogen and oxygen atoms in total. The summed E-state index contributed by atoms with van der Waals surface area (Å²) in [6, 6.07) is 9.95. The lowest BCUT2D eigenvalue weighted by Gasteiger charge is -2.34. The van der Waals surface area contributed by atoms with E-state index >= 15 is 0 Å². The predicted molar refractivity (Wildman–Crippen MR) is 132 cm³/mol. The molecule has 3 aromatic rings. The van der Waals surface area contributed by atoms with E-state index in [1.165, 1.54) is 35.4 Å². The molecule has 0 spiro atoms. The Morgan fingerprint density at radius 1 is 1.18 bits per heavy atom. The summed E-state index contributed by atoms with van der Waals surface area (Å²) in [6.45, 7) is 0.0340. The maximum absolute atomic E-state index is 13.9. The van der Waals surface area contributed by atoms with Crippen LogP contribution in [0.25, 0.3) is 17.1 Å². The zero-order chi connectivity index (χ0) is 28.2. The molecule has 39 heavy (non-hydrogen) atoms. The van der Waals surface area contributed by atoms with Crippen LogP contribution in [0.5, 0.6) is 0 Å². The van der Waals surface area contributed by atoms with Crippen LogP contribution in [0.1, 0.15) is 31.2 Å². The second-order valence-electron chi connectivity index (χ2n) is 9.32. The van der Waals surface area contributed by atoms with E-state index in [-0.39, 0.29) is 48.7 Å². The maximum atomic E-state index is 13.9. The van der Waals surface area contributed by atoms with Gasteiger partial charge in [-0.3, -0.25) is 24.4 Å². The second kappa shape index (κ2) is 11.5. The molecule has 1 N–H and O–H groups in total. The first-order valence-corrected chi connectivity index (χ1v) is 12.2. The fraction of sp³-hybridized carbons (Fsp3) is 0.385. The highest BCUT2D eigenvalue weighted by molar-refractivity contribution is 5.79. The molecule has 4 rings (SSSR count). The number of carbonyl (C=O) groups is 2. The Hall–Kier alpha value is -3.87. The Morgan fingerprint density at radius 2 is 1.92 bits per heavy atom. The van der Waals surface area contributed by atoms with Crippen molar-refractivity contribution in [3.05, 3.63) is 60.3 Å². The first kappa shape index (κ1) is 28.1. The Labute approximate surface area is 220 Å². The average Bonchev–Trinajstić information content (AvgIpc) is 3.32. The van der Waals surface area contributed by atoms with Crippen molar-refractivity contribution in [2.75, 3.05) is 24.5 Å². The molecule has 1 amide bonds. The third kappa shape index (κ3) is 6.77. The highest BCUT2D eigenvalue weighted by Crippen LogP contribution is 2.36. The van der Waals surface area contributed by atoms with Crippen molar-refractivity contribution in [2.45, 2.75) is 43.8 Å². The number of halogens is 5. The number of rotatable bonds is 10. The summed E-state index contributed by atoms with van der Waals surface area (Å²) in [5.41, 5.74) is -0.876. The van der Waals surface area contributed by atoms with Gasteiger partial charge in [-0.2, -0.15) is 13.2 Å². The minimum Gasteiger partial charge on any atom is -0.481 e. The van der Waals surface area contributed by atoms with E-state index in [0.717, 1.165) is 15.6 Å². The van der Waals surface area contributed by atoms with Crippen LogP contribution in [0.3, 0.4) is 0 Å². The number of anilines is 1. The van der Waals surface area contributed by atoms with Crippen molar-refractivity contribution in [1.29, 1.82) is 0 Å². The molecule has 1 fully saturated rings. The number of likely N-dealkylation sites (tertiary alicyclic amines) is 1.